The van der Waals surface area contributed by atoms with Gasteiger partial charge in [0.1, 0.15) is 17.8 Å². The Morgan fingerprint density at radius 1 is 0.973 bits per heavy atom. The molecule has 0 saturated carbocycles. The lowest BCUT2D eigenvalue weighted by molar-refractivity contribution is -0.0499. The van der Waals surface area contributed by atoms with E-state index < -0.39 is 42.1 Å². The average Bonchev–Trinajstić information content (AvgIpc) is 2.95. The lowest BCUT2D eigenvalue weighted by Crippen LogP contribution is -2.60. The van der Waals surface area contributed by atoms with E-state index in [9.17, 15) is 5.11 Å². The van der Waals surface area contributed by atoms with Crippen molar-refractivity contribution in [2.24, 2.45) is 5.41 Å². The van der Waals surface area contributed by atoms with Crippen LogP contribution in [0.15, 0.2) is 24.3 Å². The quantitative estimate of drug-likeness (QED) is 0.202. The Morgan fingerprint density at radius 2 is 1.49 bits per heavy atom. The summed E-state index contributed by atoms with van der Waals surface area (Å²) in [5.41, 5.74) is -0.852. The van der Waals surface area contributed by atoms with Gasteiger partial charge in [0.15, 0.2) is 25.0 Å². The zero-order valence-corrected chi connectivity index (χ0v) is 29.0. The van der Waals surface area contributed by atoms with Crippen molar-refractivity contribution >= 4 is 25.0 Å². The molecule has 7 heteroatoms. The smallest absolute Gasteiger partial charge is 0.193 e. The molecule has 2 aliphatic rings. The Bertz CT molecular complexity index is 1030. The minimum absolute atomic E-state index is 0.00506. The number of aliphatic hydroxyl groups excluding tert-OH is 1. The molecule has 1 N–H and O–H groups in total. The highest BCUT2D eigenvalue weighted by molar-refractivity contribution is 6.74. The Hall–Kier alpha value is -0.909. The number of aliphatic hydroxyl groups is 1. The molecule has 0 aromatic heterocycles. The standard InChI is InChI=1S/C30H52O4Si3/c1-16-29(8)21-19-23-22-24(32-36(12,13)27(2,3)4)26(33-37(14,15)28(5,6)7)30(23,34-35(9,10)11)20-17-18-25(29)31/h16,22,24-26,31H,1,20H2,2-15H3/t24-,25?,26+,29?,30?/m1/s1. The first-order valence-electron chi connectivity index (χ1n) is 13.5. The second-order valence-electron chi connectivity index (χ2n) is 15.0. The zero-order chi connectivity index (χ0) is 28.9. The molecule has 4 nitrogen and oxygen atoms in total. The van der Waals surface area contributed by atoms with Crippen LogP contribution in [0.3, 0.4) is 0 Å². The van der Waals surface area contributed by atoms with Crippen molar-refractivity contribution in [2.75, 3.05) is 0 Å². The van der Waals surface area contributed by atoms with Gasteiger partial charge < -0.3 is 18.4 Å². The van der Waals surface area contributed by atoms with Crippen LogP contribution in [0.1, 0.15) is 54.9 Å². The van der Waals surface area contributed by atoms with Crippen molar-refractivity contribution in [1.82, 2.24) is 0 Å². The molecule has 0 heterocycles. The number of fused-ring (bicyclic) bond motifs is 1. The summed E-state index contributed by atoms with van der Waals surface area (Å²) in [6.07, 6.45) is 2.62. The van der Waals surface area contributed by atoms with E-state index >= 15 is 0 Å². The van der Waals surface area contributed by atoms with Gasteiger partial charge in [0.05, 0.1) is 11.5 Å². The van der Waals surface area contributed by atoms with Crippen molar-refractivity contribution in [3.05, 3.63) is 24.3 Å². The van der Waals surface area contributed by atoms with Gasteiger partial charge in [-0.25, -0.2) is 0 Å². The second kappa shape index (κ2) is 10.2. The molecule has 0 bridgehead atoms. The Labute approximate surface area is 231 Å². The molecule has 0 saturated heterocycles. The van der Waals surface area contributed by atoms with Gasteiger partial charge in [-0.15, -0.1) is 6.58 Å². The average molecular weight is 561 g/mol. The third-order valence-corrected chi connectivity index (χ3v) is 18.5. The summed E-state index contributed by atoms with van der Waals surface area (Å²) in [5, 5.41) is 10.9. The minimum Gasteiger partial charge on any atom is -0.408 e. The van der Waals surface area contributed by atoms with Crippen molar-refractivity contribution in [1.29, 1.82) is 0 Å². The highest BCUT2D eigenvalue weighted by atomic mass is 28.4. The molecule has 5 atom stereocenters. The first kappa shape index (κ1) is 32.3. The van der Waals surface area contributed by atoms with E-state index in [0.717, 1.165) is 5.57 Å². The fraction of sp³-hybridized carbons (Fsp3) is 0.733. The van der Waals surface area contributed by atoms with Gasteiger partial charge in [-0.3, -0.25) is 0 Å². The predicted molar refractivity (Wildman–Crippen MR) is 164 cm³/mol. The van der Waals surface area contributed by atoms with E-state index in [1.165, 1.54) is 0 Å². The zero-order valence-electron chi connectivity index (χ0n) is 26.0. The summed E-state index contributed by atoms with van der Waals surface area (Å²) < 4.78 is 21.5. The van der Waals surface area contributed by atoms with E-state index in [1.807, 2.05) is 6.92 Å². The number of hydrogen-bond donors (Lipinski definition) is 1. The van der Waals surface area contributed by atoms with Crippen LogP contribution in [0.2, 0.25) is 55.9 Å². The third-order valence-electron chi connectivity index (χ3n) is 8.55. The molecular formula is C30H52O4Si3. The second-order valence-corrected chi connectivity index (χ2v) is 28.9. The van der Waals surface area contributed by atoms with Crippen LogP contribution in [0.5, 0.6) is 0 Å². The lowest BCUT2D eigenvalue weighted by atomic mass is 9.85. The Kier molecular flexibility index (Phi) is 8.94. The first-order chi connectivity index (χ1) is 16.4. The van der Waals surface area contributed by atoms with Gasteiger partial charge in [-0.05, 0) is 68.9 Å². The molecule has 0 amide bonds. The summed E-state index contributed by atoms with van der Waals surface area (Å²) >= 11 is 0. The molecule has 2 rings (SSSR count). The van der Waals surface area contributed by atoms with Crippen LogP contribution in [0.25, 0.3) is 0 Å². The summed E-state index contributed by atoms with van der Waals surface area (Å²) in [6, 6.07) is 0. The molecule has 0 aromatic rings. The Morgan fingerprint density at radius 3 is 1.95 bits per heavy atom. The fourth-order valence-electron chi connectivity index (χ4n) is 3.98. The molecule has 3 unspecified atom stereocenters. The number of hydrogen-bond acceptors (Lipinski definition) is 4. The van der Waals surface area contributed by atoms with Crippen molar-refractivity contribution in [3.63, 3.8) is 0 Å². The molecule has 0 aliphatic heterocycles. The van der Waals surface area contributed by atoms with Gasteiger partial charge in [-0.1, -0.05) is 71.3 Å². The SMILES string of the molecule is C=CC1(C)C#CC2=C[C@@H](O[Si](C)(C)C(C)(C)C)[C@H](O[Si](C)(C)C(C)(C)C)C2(O[Si](C)(C)C)CC#CC1O. The highest BCUT2D eigenvalue weighted by Gasteiger charge is 2.58. The van der Waals surface area contributed by atoms with Crippen molar-refractivity contribution in [2.45, 2.75) is 135 Å². The van der Waals surface area contributed by atoms with E-state index in [4.69, 9.17) is 13.3 Å². The molecule has 0 aromatic carbocycles. The van der Waals surface area contributed by atoms with Gasteiger partial charge in [-0.2, -0.15) is 0 Å². The molecule has 0 spiro atoms. The molecular weight excluding hydrogens is 509 g/mol. The first-order valence-corrected chi connectivity index (χ1v) is 22.7. The summed E-state index contributed by atoms with van der Waals surface area (Å²) in [7, 11) is -6.52. The fourth-order valence-corrected chi connectivity index (χ4v) is 7.91. The van der Waals surface area contributed by atoms with Gasteiger partial charge in [0.25, 0.3) is 0 Å². The van der Waals surface area contributed by atoms with Gasteiger partial charge >= 0.3 is 0 Å². The summed E-state index contributed by atoms with van der Waals surface area (Å²) in [6.45, 7) is 35.1. The normalized spacial score (nSPS) is 31.0. The van der Waals surface area contributed by atoms with Crippen LogP contribution in [0.4, 0.5) is 0 Å². The predicted octanol–water partition coefficient (Wildman–Crippen LogP) is 7.26. The van der Waals surface area contributed by atoms with E-state index in [0.29, 0.717) is 6.42 Å². The topological polar surface area (TPSA) is 47.9 Å². The minimum atomic E-state index is -2.25. The van der Waals surface area contributed by atoms with Gasteiger partial charge in [0, 0.05) is 12.0 Å². The van der Waals surface area contributed by atoms with E-state index in [1.54, 1.807) is 6.08 Å². The van der Waals surface area contributed by atoms with Crippen molar-refractivity contribution in [3.8, 4) is 23.7 Å². The van der Waals surface area contributed by atoms with Crippen LogP contribution < -0.4 is 0 Å². The largest absolute Gasteiger partial charge is 0.408 e. The molecule has 2 aliphatic carbocycles. The Balaban J connectivity index is 2.86. The lowest BCUT2D eigenvalue weighted by Gasteiger charge is -2.48. The molecule has 37 heavy (non-hydrogen) atoms. The van der Waals surface area contributed by atoms with Crippen LogP contribution >= 0.6 is 0 Å². The van der Waals surface area contributed by atoms with Crippen molar-refractivity contribution < 1.29 is 18.4 Å². The number of rotatable bonds is 7. The van der Waals surface area contributed by atoms with E-state index in [-0.39, 0.29) is 22.3 Å². The van der Waals surface area contributed by atoms with E-state index in [2.05, 4.69) is 124 Å². The van der Waals surface area contributed by atoms with Gasteiger partial charge in [0.2, 0.25) is 0 Å². The maximum atomic E-state index is 10.8. The molecule has 0 fully saturated rings. The maximum absolute atomic E-state index is 10.8. The van der Waals surface area contributed by atoms with Crippen LogP contribution in [-0.4, -0.2) is 54.0 Å². The summed E-state index contributed by atoms with van der Waals surface area (Å²) in [5.74, 6) is 13.1. The third kappa shape index (κ3) is 6.81. The molecule has 0 radical (unpaired) electrons. The monoisotopic (exact) mass is 560 g/mol. The highest BCUT2D eigenvalue weighted by Crippen LogP contribution is 2.49. The summed E-state index contributed by atoms with van der Waals surface area (Å²) in [4.78, 5) is 0. The maximum Gasteiger partial charge on any atom is 0.193 e. The van der Waals surface area contributed by atoms with Crippen LogP contribution in [-0.2, 0) is 13.3 Å². The van der Waals surface area contributed by atoms with Crippen LogP contribution in [0, 0.1) is 29.1 Å². The molecule has 208 valence electrons.